The molecule has 27 heavy (non-hydrogen) atoms. The van der Waals surface area contributed by atoms with Crippen molar-refractivity contribution in [3.05, 3.63) is 68.0 Å². The lowest BCUT2D eigenvalue weighted by Crippen LogP contribution is -2.36. The van der Waals surface area contributed by atoms with E-state index in [1.54, 1.807) is 12.1 Å². The van der Waals surface area contributed by atoms with Gasteiger partial charge in [0.05, 0.1) is 17.5 Å². The molecule has 3 rings (SSSR count). The fourth-order valence-electron chi connectivity index (χ4n) is 2.46. The van der Waals surface area contributed by atoms with Crippen LogP contribution >= 0.6 is 0 Å². The highest BCUT2D eigenvalue weighted by Crippen LogP contribution is 2.22. The van der Waals surface area contributed by atoms with Crippen LogP contribution in [0.4, 0.5) is 0 Å². The number of benzene rings is 1. The van der Waals surface area contributed by atoms with Crippen molar-refractivity contribution in [2.75, 3.05) is 0 Å². The summed E-state index contributed by atoms with van der Waals surface area (Å²) in [5.41, 5.74) is 2.98. The number of primary amides is 1. The van der Waals surface area contributed by atoms with E-state index in [9.17, 15) is 28.8 Å². The van der Waals surface area contributed by atoms with Crippen molar-refractivity contribution in [2.24, 2.45) is 5.73 Å². The Balaban J connectivity index is 1.70. The average molecular weight is 372 g/mol. The first-order valence-corrected chi connectivity index (χ1v) is 7.61. The first kappa shape index (κ1) is 17.8. The highest BCUT2D eigenvalue weighted by Gasteiger charge is 2.38. The van der Waals surface area contributed by atoms with E-state index in [-0.39, 0.29) is 17.7 Å². The Hall–Kier alpha value is -4.02. The standard InChI is InChI=1S/C16H12N4O7/c17-12(22)10-7-19(16(26)18-13(10)23)6-5-11(21)27-20-14(24)8-3-1-2-4-9(8)15(20)25/h1-4,7H,5-6H2,(H2,17,22)(H,18,23,26). The van der Waals surface area contributed by atoms with Gasteiger partial charge in [0, 0.05) is 12.7 Å². The number of fused-ring (bicyclic) bond motifs is 1. The third-order valence-corrected chi connectivity index (χ3v) is 3.78. The number of aromatic amines is 1. The lowest BCUT2D eigenvalue weighted by molar-refractivity contribution is -0.168. The van der Waals surface area contributed by atoms with Crippen molar-refractivity contribution >= 4 is 23.7 Å². The topological polar surface area (TPSA) is 162 Å². The third-order valence-electron chi connectivity index (χ3n) is 3.78. The van der Waals surface area contributed by atoms with Gasteiger partial charge >= 0.3 is 11.7 Å². The van der Waals surface area contributed by atoms with E-state index in [0.717, 1.165) is 10.8 Å². The van der Waals surface area contributed by atoms with E-state index in [1.165, 1.54) is 12.1 Å². The summed E-state index contributed by atoms with van der Waals surface area (Å²) in [6, 6.07) is 5.98. The highest BCUT2D eigenvalue weighted by molar-refractivity contribution is 6.20. The number of rotatable bonds is 5. The first-order valence-electron chi connectivity index (χ1n) is 7.61. The fraction of sp³-hybridized carbons (Fsp3) is 0.125. The molecule has 0 atom stereocenters. The van der Waals surface area contributed by atoms with Crippen molar-refractivity contribution in [1.29, 1.82) is 0 Å². The van der Waals surface area contributed by atoms with Gasteiger partial charge in [-0.3, -0.25) is 28.7 Å². The number of hydrogen-bond acceptors (Lipinski definition) is 7. The van der Waals surface area contributed by atoms with E-state index in [4.69, 9.17) is 10.6 Å². The molecule has 0 radical (unpaired) electrons. The Kier molecular flexibility index (Phi) is 4.42. The Morgan fingerprint density at radius 2 is 1.63 bits per heavy atom. The summed E-state index contributed by atoms with van der Waals surface area (Å²) in [5, 5.41) is 0.345. The van der Waals surface area contributed by atoms with Gasteiger partial charge in [-0.05, 0) is 12.1 Å². The molecule has 2 aromatic rings. The van der Waals surface area contributed by atoms with Crippen LogP contribution < -0.4 is 17.0 Å². The minimum absolute atomic E-state index is 0.109. The lowest BCUT2D eigenvalue weighted by Gasteiger charge is -2.13. The summed E-state index contributed by atoms with van der Waals surface area (Å²) in [4.78, 5) is 77.2. The molecule has 3 amide bonds. The van der Waals surface area contributed by atoms with Crippen molar-refractivity contribution in [3.8, 4) is 0 Å². The smallest absolute Gasteiger partial charge is 0.335 e. The SMILES string of the molecule is NC(=O)c1cn(CCC(=O)ON2C(=O)c3ccccc3C2=O)c(=O)[nH]c1=O. The number of nitrogens with two attached hydrogens (primary N) is 1. The summed E-state index contributed by atoms with van der Waals surface area (Å²) in [6.45, 7) is -0.280. The molecule has 0 bridgehead atoms. The molecular formula is C16H12N4O7. The first-order chi connectivity index (χ1) is 12.8. The molecular weight excluding hydrogens is 360 g/mol. The van der Waals surface area contributed by atoms with E-state index < -0.39 is 46.9 Å². The number of aromatic nitrogens is 2. The predicted molar refractivity (Wildman–Crippen MR) is 87.5 cm³/mol. The Labute approximate surface area is 149 Å². The van der Waals surface area contributed by atoms with Crippen LogP contribution in [0, 0.1) is 0 Å². The molecule has 1 aliphatic rings. The molecule has 0 aliphatic carbocycles. The van der Waals surface area contributed by atoms with Gasteiger partial charge in [-0.15, -0.1) is 0 Å². The Morgan fingerprint density at radius 1 is 1.04 bits per heavy atom. The van der Waals surface area contributed by atoms with Crippen LogP contribution in [0.3, 0.4) is 0 Å². The quantitative estimate of drug-likeness (QED) is 0.622. The van der Waals surface area contributed by atoms with Crippen LogP contribution in [0.1, 0.15) is 37.5 Å². The average Bonchev–Trinajstić information content (AvgIpc) is 2.86. The second-order valence-corrected chi connectivity index (χ2v) is 5.52. The maximum atomic E-state index is 12.1. The van der Waals surface area contributed by atoms with Gasteiger partial charge in [-0.1, -0.05) is 17.2 Å². The van der Waals surface area contributed by atoms with Gasteiger partial charge in [-0.25, -0.2) is 9.59 Å². The molecule has 2 heterocycles. The summed E-state index contributed by atoms with van der Waals surface area (Å²) in [5.74, 6) is -3.57. The fourth-order valence-corrected chi connectivity index (χ4v) is 2.46. The molecule has 0 fully saturated rings. The van der Waals surface area contributed by atoms with Gasteiger partial charge in [0.15, 0.2) is 0 Å². The summed E-state index contributed by atoms with van der Waals surface area (Å²) in [6.07, 6.45) is 0.496. The Morgan fingerprint density at radius 3 is 2.19 bits per heavy atom. The van der Waals surface area contributed by atoms with Crippen molar-refractivity contribution in [1.82, 2.24) is 14.6 Å². The number of carbonyl (C=O) groups excluding carboxylic acids is 4. The van der Waals surface area contributed by atoms with E-state index in [1.807, 2.05) is 4.98 Å². The zero-order valence-corrected chi connectivity index (χ0v) is 13.6. The van der Waals surface area contributed by atoms with Crippen molar-refractivity contribution in [2.45, 2.75) is 13.0 Å². The molecule has 0 spiro atoms. The number of nitrogens with zero attached hydrogens (tertiary/aromatic N) is 2. The number of hydrogen-bond donors (Lipinski definition) is 2. The molecule has 0 saturated heterocycles. The molecule has 11 heteroatoms. The highest BCUT2D eigenvalue weighted by atomic mass is 16.7. The number of nitrogens with one attached hydrogen (secondary N) is 1. The third kappa shape index (κ3) is 3.25. The molecule has 11 nitrogen and oxygen atoms in total. The van der Waals surface area contributed by atoms with Crippen molar-refractivity contribution in [3.63, 3.8) is 0 Å². The molecule has 138 valence electrons. The van der Waals surface area contributed by atoms with Crippen molar-refractivity contribution < 1.29 is 24.0 Å². The predicted octanol–water partition coefficient (Wildman–Crippen LogP) is -1.22. The second-order valence-electron chi connectivity index (χ2n) is 5.52. The lowest BCUT2D eigenvalue weighted by atomic mass is 10.1. The molecule has 3 N–H and O–H groups in total. The maximum Gasteiger partial charge on any atom is 0.335 e. The number of amides is 3. The van der Waals surface area contributed by atoms with Gasteiger partial charge in [0.1, 0.15) is 5.56 Å². The van der Waals surface area contributed by atoms with E-state index in [0.29, 0.717) is 5.06 Å². The van der Waals surface area contributed by atoms with Gasteiger partial charge < -0.3 is 10.6 Å². The minimum atomic E-state index is -1.04. The van der Waals surface area contributed by atoms with Crippen LogP contribution in [-0.4, -0.2) is 38.3 Å². The van der Waals surface area contributed by atoms with E-state index >= 15 is 0 Å². The van der Waals surface area contributed by atoms with Crippen LogP contribution in [0.5, 0.6) is 0 Å². The van der Waals surface area contributed by atoms with Crippen LogP contribution in [0.2, 0.25) is 0 Å². The monoisotopic (exact) mass is 372 g/mol. The summed E-state index contributed by atoms with van der Waals surface area (Å²) < 4.78 is 0.880. The molecule has 1 aromatic heterocycles. The number of hydroxylamine groups is 2. The molecule has 1 aliphatic heterocycles. The summed E-state index contributed by atoms with van der Waals surface area (Å²) >= 11 is 0. The zero-order chi connectivity index (χ0) is 19.7. The number of carbonyl (C=O) groups is 4. The molecule has 1 aromatic carbocycles. The Bertz CT molecular complexity index is 1060. The number of aryl methyl sites for hydroxylation is 1. The minimum Gasteiger partial charge on any atom is -0.365 e. The van der Waals surface area contributed by atoms with Crippen LogP contribution in [0.25, 0.3) is 0 Å². The van der Waals surface area contributed by atoms with Gasteiger partial charge in [0.2, 0.25) is 0 Å². The second kappa shape index (κ2) is 6.71. The van der Waals surface area contributed by atoms with Crippen LogP contribution in [0.15, 0.2) is 40.1 Å². The van der Waals surface area contributed by atoms with Gasteiger partial charge in [0.25, 0.3) is 23.3 Å². The zero-order valence-electron chi connectivity index (χ0n) is 13.6. The normalized spacial score (nSPS) is 12.8. The van der Waals surface area contributed by atoms with E-state index in [2.05, 4.69) is 0 Å². The maximum absolute atomic E-state index is 12.1. The summed E-state index contributed by atoms with van der Waals surface area (Å²) in [7, 11) is 0. The number of imide groups is 1. The molecule has 0 unspecified atom stereocenters. The number of H-pyrrole nitrogens is 1. The largest absolute Gasteiger partial charge is 0.365 e. The van der Waals surface area contributed by atoms with Crippen LogP contribution in [-0.2, 0) is 16.2 Å². The van der Waals surface area contributed by atoms with Gasteiger partial charge in [-0.2, -0.15) is 0 Å². The molecule has 0 saturated carbocycles.